The average Bonchev–Trinajstić information content (AvgIpc) is 3.06. The van der Waals surface area contributed by atoms with Crippen molar-refractivity contribution >= 4 is 22.2 Å². The molecule has 2 aromatic heterocycles. The van der Waals surface area contributed by atoms with Gasteiger partial charge in [-0.05, 0) is 19.1 Å². The number of nitrogens with one attached hydrogen (secondary N) is 1. The second-order valence-corrected chi connectivity index (χ2v) is 5.89. The summed E-state index contributed by atoms with van der Waals surface area (Å²) in [5.74, 6) is 0.771. The first-order chi connectivity index (χ1) is 10.7. The number of rotatable bonds is 6. The zero-order valence-electron chi connectivity index (χ0n) is 12.3. The van der Waals surface area contributed by atoms with Crippen LogP contribution in [0, 0.1) is 6.92 Å². The zero-order valence-corrected chi connectivity index (χ0v) is 13.1. The molecule has 0 radical (unpaired) electrons. The van der Waals surface area contributed by atoms with E-state index in [1.54, 1.807) is 11.3 Å². The Balaban J connectivity index is 1.40. The smallest absolute Gasteiger partial charge is 0.226 e. The average molecular weight is 315 g/mol. The quantitative estimate of drug-likeness (QED) is 0.711. The molecule has 5 nitrogen and oxygen atoms in total. The number of aryl methyl sites for hydroxylation is 1. The molecule has 2 heterocycles. The monoisotopic (exact) mass is 315 g/mol. The lowest BCUT2D eigenvalue weighted by atomic mass is 10.2. The number of fused-ring (bicyclic) bond motifs is 1. The van der Waals surface area contributed by atoms with Gasteiger partial charge in [0, 0.05) is 17.8 Å². The molecule has 0 bridgehead atoms. The Kier molecular flexibility index (Phi) is 4.39. The maximum absolute atomic E-state index is 11.9. The molecule has 0 aliphatic carbocycles. The van der Waals surface area contributed by atoms with Crippen LogP contribution in [0.5, 0.6) is 5.75 Å². The highest BCUT2D eigenvalue weighted by Gasteiger charge is 2.07. The predicted octanol–water partition coefficient (Wildman–Crippen LogP) is 2.44. The molecule has 114 valence electrons. The number of imidazole rings is 1. The van der Waals surface area contributed by atoms with E-state index in [0.29, 0.717) is 19.6 Å². The van der Waals surface area contributed by atoms with Crippen LogP contribution in [0.4, 0.5) is 0 Å². The van der Waals surface area contributed by atoms with E-state index in [1.165, 1.54) is 5.56 Å². The summed E-state index contributed by atoms with van der Waals surface area (Å²) in [6.45, 7) is 2.96. The van der Waals surface area contributed by atoms with Gasteiger partial charge in [-0.2, -0.15) is 0 Å². The van der Waals surface area contributed by atoms with Crippen LogP contribution in [0.1, 0.15) is 11.3 Å². The Morgan fingerprint density at radius 1 is 1.36 bits per heavy atom. The molecule has 3 aromatic rings. The lowest BCUT2D eigenvalue weighted by Gasteiger charge is -2.07. The molecule has 0 aliphatic heterocycles. The van der Waals surface area contributed by atoms with Crippen molar-refractivity contribution in [1.82, 2.24) is 14.7 Å². The highest BCUT2D eigenvalue weighted by molar-refractivity contribution is 7.15. The van der Waals surface area contributed by atoms with Gasteiger partial charge in [0.15, 0.2) is 4.96 Å². The fourth-order valence-corrected chi connectivity index (χ4v) is 2.80. The molecule has 22 heavy (non-hydrogen) atoms. The summed E-state index contributed by atoms with van der Waals surface area (Å²) in [5.41, 5.74) is 1.98. The Hall–Kier alpha value is -2.34. The maximum atomic E-state index is 11.9. The number of hydrogen-bond donors (Lipinski definition) is 1. The van der Waals surface area contributed by atoms with E-state index in [1.807, 2.05) is 53.4 Å². The van der Waals surface area contributed by atoms with Crippen LogP contribution in [0.25, 0.3) is 4.96 Å². The fourth-order valence-electron chi connectivity index (χ4n) is 2.08. The number of thiazole rings is 1. The Morgan fingerprint density at radius 3 is 2.95 bits per heavy atom. The zero-order chi connectivity index (χ0) is 15.4. The van der Waals surface area contributed by atoms with Gasteiger partial charge in [-0.3, -0.25) is 9.20 Å². The van der Waals surface area contributed by atoms with Gasteiger partial charge >= 0.3 is 0 Å². The van der Waals surface area contributed by atoms with Gasteiger partial charge in [-0.25, -0.2) is 4.98 Å². The number of hydrogen-bond acceptors (Lipinski definition) is 4. The SMILES string of the molecule is Cc1ccc(OCCNC(=O)Cc2cn3ccsc3n2)cc1. The van der Waals surface area contributed by atoms with Crippen LogP contribution < -0.4 is 10.1 Å². The highest BCUT2D eigenvalue weighted by Crippen LogP contribution is 2.12. The van der Waals surface area contributed by atoms with Gasteiger partial charge in [-0.15, -0.1) is 11.3 Å². The van der Waals surface area contributed by atoms with Crippen molar-refractivity contribution in [3.63, 3.8) is 0 Å². The van der Waals surface area contributed by atoms with Crippen LogP contribution in [-0.4, -0.2) is 28.4 Å². The van der Waals surface area contributed by atoms with Crippen LogP contribution in [0.15, 0.2) is 42.0 Å². The summed E-state index contributed by atoms with van der Waals surface area (Å²) in [7, 11) is 0. The minimum Gasteiger partial charge on any atom is -0.492 e. The number of nitrogens with zero attached hydrogens (tertiary/aromatic N) is 2. The molecule has 3 rings (SSSR count). The molecular formula is C16H17N3O2S. The first-order valence-electron chi connectivity index (χ1n) is 7.08. The van der Waals surface area contributed by atoms with Gasteiger partial charge in [0.05, 0.1) is 18.7 Å². The second-order valence-electron chi connectivity index (χ2n) is 5.01. The number of ether oxygens (including phenoxy) is 1. The summed E-state index contributed by atoms with van der Waals surface area (Å²) in [6, 6.07) is 7.85. The van der Waals surface area contributed by atoms with Gasteiger partial charge in [0.1, 0.15) is 12.4 Å². The van der Waals surface area contributed by atoms with Gasteiger partial charge in [-0.1, -0.05) is 17.7 Å². The van der Waals surface area contributed by atoms with Gasteiger partial charge in [0.25, 0.3) is 0 Å². The summed E-state index contributed by atoms with van der Waals surface area (Å²) in [6.07, 6.45) is 4.11. The molecule has 6 heteroatoms. The van der Waals surface area contributed by atoms with Crippen molar-refractivity contribution in [3.8, 4) is 5.75 Å². The van der Waals surface area contributed by atoms with E-state index in [9.17, 15) is 4.79 Å². The molecule has 0 aliphatic rings. The molecule has 1 aromatic carbocycles. The van der Waals surface area contributed by atoms with E-state index >= 15 is 0 Å². The van der Waals surface area contributed by atoms with Crippen molar-refractivity contribution in [1.29, 1.82) is 0 Å². The first-order valence-corrected chi connectivity index (χ1v) is 7.96. The number of aromatic nitrogens is 2. The minimum absolute atomic E-state index is 0.0433. The predicted molar refractivity (Wildman–Crippen MR) is 86.5 cm³/mol. The molecular weight excluding hydrogens is 298 g/mol. The first kappa shape index (κ1) is 14.6. The van der Waals surface area contributed by atoms with Crippen molar-refractivity contribution in [2.75, 3.05) is 13.2 Å². The van der Waals surface area contributed by atoms with E-state index in [-0.39, 0.29) is 5.91 Å². The normalized spacial score (nSPS) is 10.8. The molecule has 0 fully saturated rings. The fraction of sp³-hybridized carbons (Fsp3) is 0.250. The van der Waals surface area contributed by atoms with E-state index in [2.05, 4.69) is 10.3 Å². The standard InChI is InChI=1S/C16H17N3O2S/c1-12-2-4-14(5-3-12)21-8-6-17-15(20)10-13-11-19-7-9-22-16(19)18-13/h2-5,7,9,11H,6,8,10H2,1H3,(H,17,20). The molecule has 0 atom stereocenters. The molecule has 0 saturated heterocycles. The van der Waals surface area contributed by atoms with Gasteiger partial charge < -0.3 is 10.1 Å². The Morgan fingerprint density at radius 2 is 2.18 bits per heavy atom. The Bertz CT molecular complexity index is 733. The van der Waals surface area contributed by atoms with Crippen molar-refractivity contribution < 1.29 is 9.53 Å². The van der Waals surface area contributed by atoms with Crippen LogP contribution in [-0.2, 0) is 11.2 Å². The molecule has 1 N–H and O–H groups in total. The third-order valence-electron chi connectivity index (χ3n) is 3.20. The molecule has 1 amide bonds. The van der Waals surface area contributed by atoms with E-state index in [0.717, 1.165) is 16.4 Å². The third kappa shape index (κ3) is 3.65. The summed E-state index contributed by atoms with van der Waals surface area (Å²) >= 11 is 1.56. The number of amides is 1. The van der Waals surface area contributed by atoms with Crippen LogP contribution >= 0.6 is 11.3 Å². The van der Waals surface area contributed by atoms with Crippen molar-refractivity contribution in [3.05, 3.63) is 53.3 Å². The van der Waals surface area contributed by atoms with Crippen molar-refractivity contribution in [2.45, 2.75) is 13.3 Å². The van der Waals surface area contributed by atoms with E-state index in [4.69, 9.17) is 4.74 Å². The van der Waals surface area contributed by atoms with Crippen LogP contribution in [0.2, 0.25) is 0 Å². The number of carbonyl (C=O) groups is 1. The Labute approximate surface area is 132 Å². The second kappa shape index (κ2) is 6.62. The maximum Gasteiger partial charge on any atom is 0.226 e. The lowest BCUT2D eigenvalue weighted by Crippen LogP contribution is -2.29. The summed E-state index contributed by atoms with van der Waals surface area (Å²) < 4.78 is 7.49. The number of carbonyl (C=O) groups excluding carboxylic acids is 1. The summed E-state index contributed by atoms with van der Waals surface area (Å²) in [5, 5.41) is 4.81. The highest BCUT2D eigenvalue weighted by atomic mass is 32.1. The largest absolute Gasteiger partial charge is 0.492 e. The minimum atomic E-state index is -0.0433. The van der Waals surface area contributed by atoms with Crippen molar-refractivity contribution in [2.24, 2.45) is 0 Å². The molecule has 0 unspecified atom stereocenters. The van der Waals surface area contributed by atoms with E-state index < -0.39 is 0 Å². The van der Waals surface area contributed by atoms with Gasteiger partial charge in [0.2, 0.25) is 5.91 Å². The topological polar surface area (TPSA) is 55.6 Å². The number of benzene rings is 1. The summed E-state index contributed by atoms with van der Waals surface area (Å²) in [4.78, 5) is 17.1. The third-order valence-corrected chi connectivity index (χ3v) is 3.97. The molecule has 0 saturated carbocycles. The van der Waals surface area contributed by atoms with Crippen LogP contribution in [0.3, 0.4) is 0 Å². The lowest BCUT2D eigenvalue weighted by molar-refractivity contribution is -0.120. The molecule has 0 spiro atoms.